The average Bonchev–Trinajstić information content (AvgIpc) is 3.00. The molecule has 1 saturated carbocycles. The number of benzene rings is 1. The fourth-order valence-corrected chi connectivity index (χ4v) is 1.68. The topological polar surface area (TPSA) is 37.3 Å². The van der Waals surface area contributed by atoms with Crippen molar-refractivity contribution in [1.29, 1.82) is 0 Å². The van der Waals surface area contributed by atoms with Gasteiger partial charge in [0, 0.05) is 0 Å². The minimum Gasteiger partial charge on any atom is -0.481 e. The summed E-state index contributed by atoms with van der Waals surface area (Å²) in [7, 11) is 0. The van der Waals surface area contributed by atoms with Gasteiger partial charge in [-0.1, -0.05) is 12.1 Å². The molecular formula is C12H13FO2. The number of hydrogen-bond donors (Lipinski definition) is 1. The molecule has 0 radical (unpaired) electrons. The van der Waals surface area contributed by atoms with Gasteiger partial charge in [-0.2, -0.15) is 0 Å². The smallest absolute Gasteiger partial charge is 0.310 e. The van der Waals surface area contributed by atoms with Crippen molar-refractivity contribution in [1.82, 2.24) is 0 Å². The lowest BCUT2D eigenvalue weighted by Crippen LogP contribution is -2.08. The van der Waals surface area contributed by atoms with Gasteiger partial charge in [-0.15, -0.1) is 0 Å². The van der Waals surface area contributed by atoms with Gasteiger partial charge in [0.15, 0.2) is 0 Å². The third-order valence-electron chi connectivity index (χ3n) is 2.91. The summed E-state index contributed by atoms with van der Waals surface area (Å²) in [6.45, 7) is 1.56. The van der Waals surface area contributed by atoms with Crippen molar-refractivity contribution in [2.75, 3.05) is 0 Å². The van der Waals surface area contributed by atoms with Crippen LogP contribution < -0.4 is 0 Å². The summed E-state index contributed by atoms with van der Waals surface area (Å²) in [6.07, 6.45) is 2.09. The van der Waals surface area contributed by atoms with E-state index in [4.69, 9.17) is 5.11 Å². The molecule has 1 aliphatic rings. The van der Waals surface area contributed by atoms with Crippen molar-refractivity contribution < 1.29 is 14.3 Å². The van der Waals surface area contributed by atoms with Gasteiger partial charge in [-0.3, -0.25) is 4.79 Å². The zero-order valence-electron chi connectivity index (χ0n) is 8.53. The maximum Gasteiger partial charge on any atom is 0.310 e. The third-order valence-corrected chi connectivity index (χ3v) is 2.91. The summed E-state index contributed by atoms with van der Waals surface area (Å²) in [5, 5.41) is 8.79. The molecule has 2 rings (SSSR count). The fraction of sp³-hybridized carbons (Fsp3) is 0.417. The molecule has 0 heterocycles. The van der Waals surface area contributed by atoms with Crippen LogP contribution in [0.2, 0.25) is 0 Å². The molecular weight excluding hydrogens is 195 g/mol. The molecule has 15 heavy (non-hydrogen) atoms. The zero-order chi connectivity index (χ0) is 11.0. The van der Waals surface area contributed by atoms with Crippen molar-refractivity contribution in [3.05, 3.63) is 35.1 Å². The maximum atomic E-state index is 13.6. The van der Waals surface area contributed by atoms with Crippen LogP contribution in [0.1, 0.15) is 42.7 Å². The van der Waals surface area contributed by atoms with E-state index in [2.05, 4.69) is 0 Å². The van der Waals surface area contributed by atoms with Crippen molar-refractivity contribution in [3.8, 4) is 0 Å². The van der Waals surface area contributed by atoms with E-state index in [9.17, 15) is 9.18 Å². The molecule has 0 spiro atoms. The molecule has 0 aromatic heterocycles. The summed E-state index contributed by atoms with van der Waals surface area (Å²) in [4.78, 5) is 10.7. The molecule has 0 saturated heterocycles. The highest BCUT2D eigenvalue weighted by Crippen LogP contribution is 2.41. The van der Waals surface area contributed by atoms with Gasteiger partial charge in [-0.05, 0) is 42.9 Å². The van der Waals surface area contributed by atoms with Crippen LogP contribution in [0.4, 0.5) is 4.39 Å². The van der Waals surface area contributed by atoms with Gasteiger partial charge in [0.25, 0.3) is 0 Å². The van der Waals surface area contributed by atoms with E-state index in [1.165, 1.54) is 6.07 Å². The second-order valence-corrected chi connectivity index (χ2v) is 4.12. The predicted molar refractivity (Wildman–Crippen MR) is 54.4 cm³/mol. The van der Waals surface area contributed by atoms with E-state index in [0.717, 1.165) is 18.4 Å². The first kappa shape index (κ1) is 10.1. The normalized spacial score (nSPS) is 17.5. The van der Waals surface area contributed by atoms with Gasteiger partial charge < -0.3 is 5.11 Å². The van der Waals surface area contributed by atoms with E-state index >= 15 is 0 Å². The number of aliphatic carboxylic acids is 1. The fourth-order valence-electron chi connectivity index (χ4n) is 1.68. The third kappa shape index (κ3) is 2.01. The lowest BCUT2D eigenvalue weighted by atomic mass is 9.98. The highest BCUT2D eigenvalue weighted by atomic mass is 19.1. The highest BCUT2D eigenvalue weighted by Gasteiger charge is 2.27. The van der Waals surface area contributed by atoms with E-state index in [1.807, 2.05) is 0 Å². The quantitative estimate of drug-likeness (QED) is 0.829. The molecule has 1 aliphatic carbocycles. The molecule has 80 valence electrons. The Morgan fingerprint density at radius 2 is 2.20 bits per heavy atom. The lowest BCUT2D eigenvalue weighted by molar-refractivity contribution is -0.138. The first-order chi connectivity index (χ1) is 7.09. The number of carboxylic acids is 1. The SMILES string of the molecule is CC(C(=O)O)c1ccc(C2CC2)c(F)c1. The zero-order valence-corrected chi connectivity index (χ0v) is 8.53. The van der Waals surface area contributed by atoms with Crippen LogP contribution in [0.15, 0.2) is 18.2 Å². The molecule has 1 unspecified atom stereocenters. The molecule has 3 heteroatoms. The number of carboxylic acid groups (broad SMARTS) is 1. The van der Waals surface area contributed by atoms with E-state index in [-0.39, 0.29) is 5.82 Å². The van der Waals surface area contributed by atoms with Gasteiger partial charge in [0.1, 0.15) is 5.82 Å². The molecule has 1 atom stereocenters. The lowest BCUT2D eigenvalue weighted by Gasteiger charge is -2.08. The maximum absolute atomic E-state index is 13.6. The van der Waals surface area contributed by atoms with Crippen LogP contribution in [-0.2, 0) is 4.79 Å². The number of carbonyl (C=O) groups is 1. The molecule has 0 bridgehead atoms. The molecule has 1 aromatic rings. The molecule has 1 fully saturated rings. The summed E-state index contributed by atoms with van der Waals surface area (Å²) in [5.41, 5.74) is 1.26. The van der Waals surface area contributed by atoms with Crippen LogP contribution >= 0.6 is 0 Å². The second-order valence-electron chi connectivity index (χ2n) is 4.12. The molecule has 0 amide bonds. The van der Waals surface area contributed by atoms with Crippen LogP contribution in [0.25, 0.3) is 0 Å². The van der Waals surface area contributed by atoms with Gasteiger partial charge in [0.2, 0.25) is 0 Å². The van der Waals surface area contributed by atoms with Crippen LogP contribution in [0, 0.1) is 5.82 Å². The minimum atomic E-state index is -0.923. The standard InChI is InChI=1S/C12H13FO2/c1-7(12(14)15)9-4-5-10(8-2-3-8)11(13)6-9/h4-8H,2-3H2,1H3,(H,14,15). The second kappa shape index (κ2) is 3.65. The predicted octanol–water partition coefficient (Wildman–Crippen LogP) is 2.89. The highest BCUT2D eigenvalue weighted by molar-refractivity contribution is 5.75. The van der Waals surface area contributed by atoms with Crippen LogP contribution in [0.3, 0.4) is 0 Å². The van der Waals surface area contributed by atoms with E-state index in [0.29, 0.717) is 11.5 Å². The van der Waals surface area contributed by atoms with Crippen molar-refractivity contribution in [2.45, 2.75) is 31.6 Å². The number of halogens is 1. The minimum absolute atomic E-state index is 0.261. The largest absolute Gasteiger partial charge is 0.481 e. The Kier molecular flexibility index (Phi) is 2.47. The van der Waals surface area contributed by atoms with Crippen LogP contribution in [0.5, 0.6) is 0 Å². The molecule has 0 aliphatic heterocycles. The van der Waals surface area contributed by atoms with Crippen molar-refractivity contribution >= 4 is 5.97 Å². The first-order valence-corrected chi connectivity index (χ1v) is 5.11. The van der Waals surface area contributed by atoms with E-state index < -0.39 is 11.9 Å². The molecule has 2 nitrogen and oxygen atoms in total. The number of rotatable bonds is 3. The van der Waals surface area contributed by atoms with Gasteiger partial charge in [0.05, 0.1) is 5.92 Å². The van der Waals surface area contributed by atoms with Gasteiger partial charge in [-0.25, -0.2) is 4.39 Å². The summed E-state index contributed by atoms with van der Waals surface area (Å²) >= 11 is 0. The molecule has 1 N–H and O–H groups in total. The van der Waals surface area contributed by atoms with E-state index in [1.54, 1.807) is 19.1 Å². The Bertz CT molecular complexity index is 397. The van der Waals surface area contributed by atoms with Crippen LogP contribution in [-0.4, -0.2) is 11.1 Å². The van der Waals surface area contributed by atoms with Crippen molar-refractivity contribution in [3.63, 3.8) is 0 Å². The van der Waals surface area contributed by atoms with Gasteiger partial charge >= 0.3 is 5.97 Å². The summed E-state index contributed by atoms with van der Waals surface area (Å²) in [6, 6.07) is 4.80. The summed E-state index contributed by atoms with van der Waals surface area (Å²) in [5.74, 6) is -1.47. The Hall–Kier alpha value is -1.38. The Morgan fingerprint density at radius 1 is 1.53 bits per heavy atom. The Labute approximate surface area is 87.7 Å². The first-order valence-electron chi connectivity index (χ1n) is 5.11. The average molecular weight is 208 g/mol. The van der Waals surface area contributed by atoms with Crippen molar-refractivity contribution in [2.24, 2.45) is 0 Å². The molecule has 1 aromatic carbocycles. The Balaban J connectivity index is 2.28. The monoisotopic (exact) mass is 208 g/mol. The Morgan fingerprint density at radius 3 is 2.67 bits per heavy atom. The number of hydrogen-bond acceptors (Lipinski definition) is 1. The summed E-state index contributed by atoms with van der Waals surface area (Å²) < 4.78 is 13.6.